The minimum Gasteiger partial charge on any atom is -0.324 e. The van der Waals surface area contributed by atoms with Crippen LogP contribution in [0.5, 0.6) is 0 Å². The predicted octanol–water partition coefficient (Wildman–Crippen LogP) is 3.91. The fourth-order valence-corrected chi connectivity index (χ4v) is 3.29. The van der Waals surface area contributed by atoms with Crippen molar-refractivity contribution >= 4 is 35.0 Å². The molecule has 0 spiro atoms. The summed E-state index contributed by atoms with van der Waals surface area (Å²) in [4.78, 5) is 39.5. The van der Waals surface area contributed by atoms with Crippen LogP contribution in [0, 0.1) is 12.8 Å². The van der Waals surface area contributed by atoms with E-state index in [1.54, 1.807) is 56.3 Å². The van der Waals surface area contributed by atoms with Crippen molar-refractivity contribution in [3.8, 4) is 0 Å². The Morgan fingerprint density at radius 1 is 1.04 bits per heavy atom. The van der Waals surface area contributed by atoms with E-state index >= 15 is 0 Å². The summed E-state index contributed by atoms with van der Waals surface area (Å²) in [5.41, 5.74) is 2.06. The summed E-state index contributed by atoms with van der Waals surface area (Å²) in [6.45, 7) is 5.45. The average molecular weight is 371 g/mol. The van der Waals surface area contributed by atoms with Crippen LogP contribution in [0.25, 0.3) is 0 Å². The quantitative estimate of drug-likeness (QED) is 0.830. The van der Waals surface area contributed by atoms with Crippen molar-refractivity contribution in [3.63, 3.8) is 0 Å². The molecule has 0 radical (unpaired) electrons. The first kappa shape index (κ1) is 18.1. The smallest absolute Gasteiger partial charge is 0.262 e. The van der Waals surface area contributed by atoms with E-state index in [9.17, 15) is 14.4 Å². The van der Waals surface area contributed by atoms with Crippen LogP contribution in [0.4, 0.5) is 5.69 Å². The van der Waals surface area contributed by atoms with Gasteiger partial charge in [0.25, 0.3) is 11.8 Å². The minimum absolute atomic E-state index is 0.253. The average Bonchev–Trinajstić information content (AvgIpc) is 2.84. The van der Waals surface area contributed by atoms with Gasteiger partial charge in [0.15, 0.2) is 0 Å². The molecule has 1 atom stereocenters. The molecule has 26 heavy (non-hydrogen) atoms. The normalized spacial score (nSPS) is 14.6. The van der Waals surface area contributed by atoms with Gasteiger partial charge < -0.3 is 5.32 Å². The molecule has 134 valence electrons. The molecule has 1 heterocycles. The Labute approximate surface area is 156 Å². The molecule has 2 aromatic rings. The lowest BCUT2D eigenvalue weighted by Crippen LogP contribution is -2.50. The number of benzene rings is 2. The first-order valence-electron chi connectivity index (χ1n) is 8.35. The summed E-state index contributed by atoms with van der Waals surface area (Å²) in [5.74, 6) is -1.55. The maximum absolute atomic E-state index is 12.9. The van der Waals surface area contributed by atoms with E-state index in [-0.39, 0.29) is 5.92 Å². The first-order valence-corrected chi connectivity index (χ1v) is 8.73. The molecule has 3 amide bonds. The molecule has 0 bridgehead atoms. The lowest BCUT2D eigenvalue weighted by Gasteiger charge is -2.28. The summed E-state index contributed by atoms with van der Waals surface area (Å²) >= 11 is 6.01. The zero-order valence-electron chi connectivity index (χ0n) is 14.7. The molecule has 1 aliphatic heterocycles. The molecular formula is C20H19ClN2O3. The summed E-state index contributed by atoms with van der Waals surface area (Å²) < 4.78 is 0. The largest absolute Gasteiger partial charge is 0.324 e. The highest BCUT2D eigenvalue weighted by Crippen LogP contribution is 2.28. The second kappa shape index (κ2) is 6.92. The van der Waals surface area contributed by atoms with E-state index in [0.29, 0.717) is 21.8 Å². The van der Waals surface area contributed by atoms with E-state index < -0.39 is 23.8 Å². The van der Waals surface area contributed by atoms with Gasteiger partial charge in [0.05, 0.1) is 11.1 Å². The highest BCUT2D eigenvalue weighted by Gasteiger charge is 2.43. The number of halogens is 1. The molecule has 5 nitrogen and oxygen atoms in total. The summed E-state index contributed by atoms with van der Waals surface area (Å²) in [5, 5.41) is 3.30. The third-order valence-corrected chi connectivity index (χ3v) is 4.70. The third kappa shape index (κ3) is 3.10. The van der Waals surface area contributed by atoms with E-state index in [2.05, 4.69) is 5.32 Å². The molecule has 0 aromatic heterocycles. The maximum Gasteiger partial charge on any atom is 0.262 e. The maximum atomic E-state index is 12.9. The highest BCUT2D eigenvalue weighted by atomic mass is 35.5. The number of rotatable bonds is 4. The van der Waals surface area contributed by atoms with Crippen molar-refractivity contribution in [1.82, 2.24) is 4.90 Å². The summed E-state index contributed by atoms with van der Waals surface area (Å²) in [7, 11) is 0. The van der Waals surface area contributed by atoms with Crippen LogP contribution < -0.4 is 5.32 Å². The molecule has 0 saturated heterocycles. The Balaban J connectivity index is 1.93. The second-order valence-corrected chi connectivity index (χ2v) is 7.10. The monoisotopic (exact) mass is 370 g/mol. The van der Waals surface area contributed by atoms with Crippen LogP contribution in [0.2, 0.25) is 5.02 Å². The summed E-state index contributed by atoms with van der Waals surface area (Å²) in [6, 6.07) is 10.9. The number of hydrogen-bond acceptors (Lipinski definition) is 3. The van der Waals surface area contributed by atoms with Crippen molar-refractivity contribution in [3.05, 3.63) is 64.2 Å². The number of anilines is 1. The van der Waals surface area contributed by atoms with Crippen molar-refractivity contribution in [1.29, 1.82) is 0 Å². The molecule has 0 saturated carbocycles. The standard InChI is InChI=1S/C20H19ClN2O3/c1-11(2)17(18(24)22-16-10-13(21)9-8-12(16)3)23-19(25)14-6-4-5-7-15(14)20(23)26/h4-11,17H,1-3H3,(H,22,24)/t17-/m1/s1. The van der Waals surface area contributed by atoms with Crippen molar-refractivity contribution in [2.24, 2.45) is 5.92 Å². The molecule has 0 aliphatic carbocycles. The second-order valence-electron chi connectivity index (χ2n) is 6.66. The highest BCUT2D eigenvalue weighted by molar-refractivity contribution is 6.31. The van der Waals surface area contributed by atoms with E-state index in [1.807, 2.05) is 6.92 Å². The topological polar surface area (TPSA) is 66.5 Å². The number of nitrogens with zero attached hydrogens (tertiary/aromatic N) is 1. The number of aryl methyl sites for hydroxylation is 1. The van der Waals surface area contributed by atoms with Gasteiger partial charge >= 0.3 is 0 Å². The number of imide groups is 1. The zero-order chi connectivity index (χ0) is 19.0. The fraction of sp³-hybridized carbons (Fsp3) is 0.250. The molecule has 0 unspecified atom stereocenters. The van der Waals surface area contributed by atoms with Crippen LogP contribution in [0.3, 0.4) is 0 Å². The number of amides is 3. The van der Waals surface area contributed by atoms with Gasteiger partial charge in [-0.05, 0) is 42.7 Å². The Morgan fingerprint density at radius 2 is 1.62 bits per heavy atom. The predicted molar refractivity (Wildman–Crippen MR) is 100 cm³/mol. The van der Waals surface area contributed by atoms with Gasteiger partial charge in [-0.1, -0.05) is 43.6 Å². The van der Waals surface area contributed by atoms with Gasteiger partial charge in [-0.25, -0.2) is 0 Å². The van der Waals surface area contributed by atoms with Crippen molar-refractivity contribution in [2.45, 2.75) is 26.8 Å². The van der Waals surface area contributed by atoms with Gasteiger partial charge in [0, 0.05) is 10.7 Å². The third-order valence-electron chi connectivity index (χ3n) is 4.46. The minimum atomic E-state index is -0.916. The van der Waals surface area contributed by atoms with Crippen LogP contribution in [-0.2, 0) is 4.79 Å². The molecule has 6 heteroatoms. The van der Waals surface area contributed by atoms with Crippen LogP contribution in [-0.4, -0.2) is 28.7 Å². The first-order chi connectivity index (χ1) is 12.3. The Bertz CT molecular complexity index is 873. The Kier molecular flexibility index (Phi) is 4.83. The zero-order valence-corrected chi connectivity index (χ0v) is 15.5. The number of fused-ring (bicyclic) bond motifs is 1. The molecule has 1 N–H and O–H groups in total. The lowest BCUT2D eigenvalue weighted by atomic mass is 10.0. The van der Waals surface area contributed by atoms with Crippen LogP contribution in [0.1, 0.15) is 40.1 Å². The van der Waals surface area contributed by atoms with Gasteiger partial charge in [-0.3, -0.25) is 19.3 Å². The van der Waals surface area contributed by atoms with Gasteiger partial charge in [-0.15, -0.1) is 0 Å². The molecule has 0 fully saturated rings. The number of hydrogen-bond donors (Lipinski definition) is 1. The van der Waals surface area contributed by atoms with Crippen molar-refractivity contribution < 1.29 is 14.4 Å². The molecule has 3 rings (SSSR count). The number of carbonyl (C=O) groups is 3. The Hall–Kier alpha value is -2.66. The molecule has 2 aromatic carbocycles. The van der Waals surface area contributed by atoms with Gasteiger partial charge in [0.2, 0.25) is 5.91 Å². The molecule has 1 aliphatic rings. The SMILES string of the molecule is Cc1ccc(Cl)cc1NC(=O)[C@@H](C(C)C)N1C(=O)c2ccccc2C1=O. The van der Waals surface area contributed by atoms with Crippen LogP contribution in [0.15, 0.2) is 42.5 Å². The van der Waals surface area contributed by atoms with E-state index in [0.717, 1.165) is 10.5 Å². The van der Waals surface area contributed by atoms with Gasteiger partial charge in [-0.2, -0.15) is 0 Å². The Morgan fingerprint density at radius 3 is 2.15 bits per heavy atom. The lowest BCUT2D eigenvalue weighted by molar-refractivity contribution is -0.121. The van der Waals surface area contributed by atoms with Crippen molar-refractivity contribution in [2.75, 3.05) is 5.32 Å². The number of carbonyl (C=O) groups excluding carboxylic acids is 3. The number of nitrogens with one attached hydrogen (secondary N) is 1. The fourth-order valence-electron chi connectivity index (χ4n) is 3.11. The van der Waals surface area contributed by atoms with Crippen LogP contribution >= 0.6 is 11.6 Å². The van der Waals surface area contributed by atoms with Gasteiger partial charge in [0.1, 0.15) is 6.04 Å². The van der Waals surface area contributed by atoms with E-state index in [1.165, 1.54) is 0 Å². The molecular weight excluding hydrogens is 352 g/mol. The van der Waals surface area contributed by atoms with E-state index in [4.69, 9.17) is 11.6 Å². The summed E-state index contributed by atoms with van der Waals surface area (Å²) in [6.07, 6.45) is 0.